The highest BCUT2D eigenvalue weighted by atomic mass is 16.5. The van der Waals surface area contributed by atoms with Crippen molar-refractivity contribution in [3.8, 4) is 6.07 Å². The lowest BCUT2D eigenvalue weighted by Crippen LogP contribution is -2.25. The van der Waals surface area contributed by atoms with E-state index >= 15 is 0 Å². The normalized spacial score (nSPS) is 21.6. The van der Waals surface area contributed by atoms with Crippen molar-refractivity contribution in [2.24, 2.45) is 7.05 Å². The van der Waals surface area contributed by atoms with Gasteiger partial charge in [0.2, 0.25) is 0 Å². The highest BCUT2D eigenvalue weighted by Gasteiger charge is 2.31. The molecule has 0 aromatic carbocycles. The Balaban J connectivity index is 1.76. The summed E-state index contributed by atoms with van der Waals surface area (Å²) in [6, 6.07) is 7.76. The minimum Gasteiger partial charge on any atom is -0.370 e. The zero-order valence-corrected chi connectivity index (χ0v) is 11.2. The topological polar surface area (TPSA) is 75.8 Å². The third kappa shape index (κ3) is 2.36. The van der Waals surface area contributed by atoms with E-state index in [0.29, 0.717) is 12.2 Å². The number of hydrogen-bond donors (Lipinski definition) is 1. The molecule has 6 nitrogen and oxygen atoms in total. The second-order valence-corrected chi connectivity index (χ2v) is 4.75. The smallest absolute Gasteiger partial charge is 0.126 e. The van der Waals surface area contributed by atoms with Gasteiger partial charge in [-0.2, -0.15) is 10.4 Å². The number of aromatic nitrogens is 3. The molecule has 2 aromatic heterocycles. The van der Waals surface area contributed by atoms with Crippen LogP contribution in [0.2, 0.25) is 0 Å². The fourth-order valence-electron chi connectivity index (χ4n) is 2.43. The molecule has 0 unspecified atom stereocenters. The van der Waals surface area contributed by atoms with Gasteiger partial charge in [-0.05, 0) is 24.6 Å². The van der Waals surface area contributed by atoms with Crippen LogP contribution in [0, 0.1) is 11.3 Å². The Bertz CT molecular complexity index is 628. The lowest BCUT2D eigenvalue weighted by atomic mass is 10.1. The molecule has 2 aromatic rings. The zero-order valence-electron chi connectivity index (χ0n) is 11.2. The first-order chi connectivity index (χ1) is 9.78. The van der Waals surface area contributed by atoms with Crippen LogP contribution in [0.4, 0.5) is 5.82 Å². The number of nitrogens with one attached hydrogen (secondary N) is 1. The first-order valence-electron chi connectivity index (χ1n) is 6.50. The van der Waals surface area contributed by atoms with Crippen molar-refractivity contribution in [3.05, 3.63) is 41.9 Å². The van der Waals surface area contributed by atoms with Gasteiger partial charge in [0.1, 0.15) is 18.0 Å². The maximum Gasteiger partial charge on any atom is 0.126 e. The minimum absolute atomic E-state index is 0.0278. The predicted octanol–water partition coefficient (Wildman–Crippen LogP) is 1.63. The fraction of sp³-hybridized carbons (Fsp3) is 0.357. The molecule has 6 heteroatoms. The second-order valence-electron chi connectivity index (χ2n) is 4.75. The van der Waals surface area contributed by atoms with Crippen molar-refractivity contribution >= 4 is 5.82 Å². The molecule has 0 spiro atoms. The van der Waals surface area contributed by atoms with E-state index in [1.165, 1.54) is 0 Å². The number of pyridine rings is 1. The van der Waals surface area contributed by atoms with E-state index in [-0.39, 0.29) is 12.1 Å². The minimum atomic E-state index is -0.0278. The van der Waals surface area contributed by atoms with Gasteiger partial charge < -0.3 is 10.1 Å². The van der Waals surface area contributed by atoms with E-state index < -0.39 is 0 Å². The Hall–Kier alpha value is -2.39. The van der Waals surface area contributed by atoms with Gasteiger partial charge in [0.25, 0.3) is 0 Å². The van der Waals surface area contributed by atoms with Crippen LogP contribution in [0.5, 0.6) is 0 Å². The molecule has 3 rings (SSSR count). The van der Waals surface area contributed by atoms with Gasteiger partial charge >= 0.3 is 0 Å². The molecule has 0 aliphatic carbocycles. The molecule has 20 heavy (non-hydrogen) atoms. The quantitative estimate of drug-likeness (QED) is 0.916. The average molecular weight is 269 g/mol. The SMILES string of the molecule is Cn1nccc1[C@H]1OCC[C@@H]1Nc1ccc(C#N)cn1. The van der Waals surface area contributed by atoms with Crippen molar-refractivity contribution in [3.63, 3.8) is 0 Å². The lowest BCUT2D eigenvalue weighted by molar-refractivity contribution is 0.101. The van der Waals surface area contributed by atoms with Crippen molar-refractivity contribution < 1.29 is 4.74 Å². The Kier molecular flexibility index (Phi) is 3.35. The van der Waals surface area contributed by atoms with Crippen LogP contribution >= 0.6 is 0 Å². The molecule has 0 saturated carbocycles. The van der Waals surface area contributed by atoms with Gasteiger partial charge in [-0.15, -0.1) is 0 Å². The van der Waals surface area contributed by atoms with Crippen LogP contribution in [0.15, 0.2) is 30.6 Å². The van der Waals surface area contributed by atoms with Gasteiger partial charge in [-0.1, -0.05) is 0 Å². The molecular formula is C14H15N5O. The summed E-state index contributed by atoms with van der Waals surface area (Å²) in [5.41, 5.74) is 1.61. The number of nitriles is 1. The summed E-state index contributed by atoms with van der Waals surface area (Å²) in [5.74, 6) is 0.756. The number of anilines is 1. The van der Waals surface area contributed by atoms with Gasteiger partial charge in [0.15, 0.2) is 0 Å². The Morgan fingerprint density at radius 3 is 3.00 bits per heavy atom. The Labute approximate surface area is 117 Å². The summed E-state index contributed by atoms with van der Waals surface area (Å²) in [7, 11) is 1.91. The summed E-state index contributed by atoms with van der Waals surface area (Å²) in [5, 5.41) is 16.3. The summed E-state index contributed by atoms with van der Waals surface area (Å²) in [6.45, 7) is 0.712. The molecule has 1 fully saturated rings. The standard InChI is InChI=1S/C14H15N5O/c1-19-12(4-6-17-19)14-11(5-7-20-14)18-13-3-2-10(8-15)9-16-13/h2-4,6,9,11,14H,5,7H2,1H3,(H,16,18)/t11-,14-/m0/s1. The van der Waals surface area contributed by atoms with Crippen LogP contribution in [-0.2, 0) is 11.8 Å². The molecule has 0 amide bonds. The van der Waals surface area contributed by atoms with Gasteiger partial charge in [-0.3, -0.25) is 4.68 Å². The van der Waals surface area contributed by atoms with Crippen molar-refractivity contribution in [2.75, 3.05) is 11.9 Å². The highest BCUT2D eigenvalue weighted by Crippen LogP contribution is 2.30. The number of rotatable bonds is 3. The van der Waals surface area contributed by atoms with Crippen LogP contribution in [0.25, 0.3) is 0 Å². The monoisotopic (exact) mass is 269 g/mol. The van der Waals surface area contributed by atoms with Gasteiger partial charge in [0.05, 0.1) is 17.3 Å². The first-order valence-corrected chi connectivity index (χ1v) is 6.50. The summed E-state index contributed by atoms with van der Waals surface area (Å²) in [6.07, 6.45) is 4.22. The highest BCUT2D eigenvalue weighted by molar-refractivity contribution is 5.40. The zero-order chi connectivity index (χ0) is 13.9. The molecule has 1 aliphatic rings. The number of nitrogens with zero attached hydrogens (tertiary/aromatic N) is 4. The predicted molar refractivity (Wildman–Crippen MR) is 72.9 cm³/mol. The van der Waals surface area contributed by atoms with Crippen LogP contribution < -0.4 is 5.32 Å². The molecule has 1 N–H and O–H groups in total. The third-order valence-corrected chi connectivity index (χ3v) is 3.47. The molecule has 3 heterocycles. The molecule has 0 bridgehead atoms. The molecule has 2 atom stereocenters. The molecule has 0 radical (unpaired) electrons. The Morgan fingerprint density at radius 2 is 2.35 bits per heavy atom. The van der Waals surface area contributed by atoms with Crippen molar-refractivity contribution in [2.45, 2.75) is 18.6 Å². The van der Waals surface area contributed by atoms with E-state index in [2.05, 4.69) is 21.5 Å². The third-order valence-electron chi connectivity index (χ3n) is 3.47. The summed E-state index contributed by atoms with van der Waals surface area (Å²) >= 11 is 0. The summed E-state index contributed by atoms with van der Waals surface area (Å²) in [4.78, 5) is 4.24. The van der Waals surface area contributed by atoms with E-state index in [1.54, 1.807) is 18.5 Å². The first kappa shape index (κ1) is 12.6. The van der Waals surface area contributed by atoms with Gasteiger partial charge in [-0.25, -0.2) is 4.98 Å². The Morgan fingerprint density at radius 1 is 1.45 bits per heavy atom. The second kappa shape index (κ2) is 5.31. The number of ether oxygens (including phenoxy) is 1. The fourth-order valence-corrected chi connectivity index (χ4v) is 2.43. The van der Waals surface area contributed by atoms with E-state index in [0.717, 1.165) is 17.9 Å². The summed E-state index contributed by atoms with van der Waals surface area (Å²) < 4.78 is 7.63. The molecule has 1 saturated heterocycles. The molecule has 102 valence electrons. The van der Waals surface area contributed by atoms with E-state index in [9.17, 15) is 0 Å². The van der Waals surface area contributed by atoms with Crippen LogP contribution in [-0.4, -0.2) is 27.4 Å². The average Bonchev–Trinajstić information content (AvgIpc) is 3.08. The van der Waals surface area contributed by atoms with Crippen molar-refractivity contribution in [1.29, 1.82) is 5.26 Å². The maximum atomic E-state index is 8.77. The maximum absolute atomic E-state index is 8.77. The molecular weight excluding hydrogens is 254 g/mol. The largest absolute Gasteiger partial charge is 0.370 e. The van der Waals surface area contributed by atoms with E-state index in [1.807, 2.05) is 23.9 Å². The lowest BCUT2D eigenvalue weighted by Gasteiger charge is -2.20. The number of aryl methyl sites for hydroxylation is 1. The number of hydrogen-bond acceptors (Lipinski definition) is 5. The van der Waals surface area contributed by atoms with Gasteiger partial charge in [0, 0.05) is 26.0 Å². The van der Waals surface area contributed by atoms with Crippen molar-refractivity contribution in [1.82, 2.24) is 14.8 Å². The van der Waals surface area contributed by atoms with E-state index in [4.69, 9.17) is 10.00 Å². The van der Waals surface area contributed by atoms with Crippen LogP contribution in [0.3, 0.4) is 0 Å². The molecule has 1 aliphatic heterocycles. The van der Waals surface area contributed by atoms with Crippen LogP contribution in [0.1, 0.15) is 23.8 Å².